The van der Waals surface area contributed by atoms with Gasteiger partial charge in [0.2, 0.25) is 0 Å². The summed E-state index contributed by atoms with van der Waals surface area (Å²) in [6.45, 7) is 6.92. The molecule has 1 aromatic rings. The number of aliphatic hydroxyl groups excluding tert-OH is 2. The SMILES string of the molecule is CC(CCCc1ccccc1)CCC(O)C12C(O)CCC(C)(C3CCC4(CCCC4)C3)C1C(OC(=O)C1CCCCC1)CC(C)C2(O)CCC1=CC(=O)OC1. The number of carbonyl (C=O) groups excluding carboxylic acids is 2. The topological polar surface area (TPSA) is 113 Å². The second-order valence-electron chi connectivity index (χ2n) is 20.0. The van der Waals surface area contributed by atoms with Crippen molar-refractivity contribution in [2.24, 2.45) is 45.8 Å². The number of benzene rings is 1. The largest absolute Gasteiger partial charge is 0.462 e. The number of esters is 2. The lowest BCUT2D eigenvalue weighted by atomic mass is 9.38. The number of carbonyl (C=O) groups is 2. The van der Waals surface area contributed by atoms with Gasteiger partial charge >= 0.3 is 11.9 Å². The Balaban J connectivity index is 1.25. The van der Waals surface area contributed by atoms with Crippen LogP contribution >= 0.6 is 0 Å². The molecule has 1 heterocycles. The number of aliphatic hydroxyl groups is 3. The molecule has 7 rings (SSSR count). The summed E-state index contributed by atoms with van der Waals surface area (Å²) in [7, 11) is 0. The predicted molar refractivity (Wildman–Crippen MR) is 215 cm³/mol. The number of hydrogen-bond donors (Lipinski definition) is 3. The molecule has 3 N–H and O–H groups in total. The van der Waals surface area contributed by atoms with Gasteiger partial charge in [-0.05, 0) is 142 Å². The molecule has 0 saturated heterocycles. The van der Waals surface area contributed by atoms with E-state index in [1.807, 2.05) is 6.92 Å². The minimum Gasteiger partial charge on any atom is -0.462 e. The van der Waals surface area contributed by atoms with Crippen molar-refractivity contribution in [2.45, 2.75) is 186 Å². The molecule has 10 unspecified atom stereocenters. The smallest absolute Gasteiger partial charge is 0.331 e. The van der Waals surface area contributed by atoms with E-state index >= 15 is 0 Å². The molecule has 55 heavy (non-hydrogen) atoms. The summed E-state index contributed by atoms with van der Waals surface area (Å²) in [4.78, 5) is 26.3. The molecule has 1 spiro atoms. The van der Waals surface area contributed by atoms with E-state index in [4.69, 9.17) is 9.47 Å². The van der Waals surface area contributed by atoms with Crippen molar-refractivity contribution in [3.63, 3.8) is 0 Å². The first-order chi connectivity index (χ1) is 26.4. The quantitative estimate of drug-likeness (QED) is 0.162. The number of cyclic esters (lactones) is 1. The molecule has 1 aromatic carbocycles. The minimum atomic E-state index is -1.46. The van der Waals surface area contributed by atoms with E-state index in [1.54, 1.807) is 6.08 Å². The Morgan fingerprint density at radius 3 is 2.40 bits per heavy atom. The van der Waals surface area contributed by atoms with Gasteiger partial charge in [0.1, 0.15) is 12.7 Å². The van der Waals surface area contributed by atoms with E-state index in [1.165, 1.54) is 37.7 Å². The zero-order valence-electron chi connectivity index (χ0n) is 34.3. The first kappa shape index (κ1) is 41.0. The van der Waals surface area contributed by atoms with Gasteiger partial charge in [0.25, 0.3) is 0 Å². The van der Waals surface area contributed by atoms with Crippen molar-refractivity contribution >= 4 is 11.9 Å². The standard InChI is InChI=1S/C48H72O7/c1-33(13-12-16-35-14-6-4-7-15-35)19-20-40(49)48-41(50)23-26-45(3,38-22-27-46(31-38)24-10-11-25-46)43(48)39(55-44(52)37-17-8-5-9-18-37)29-34(2)47(48,53)28-21-36-30-42(51)54-32-36/h4,6-7,14-15,30,33-34,37-41,43,49-50,53H,5,8-13,16-29,31-32H2,1-3H3. The van der Waals surface area contributed by atoms with Crippen LogP contribution in [0, 0.1) is 45.8 Å². The highest BCUT2D eigenvalue weighted by Crippen LogP contribution is 2.71. The molecule has 0 radical (unpaired) electrons. The van der Waals surface area contributed by atoms with Crippen LogP contribution in [0.2, 0.25) is 0 Å². The van der Waals surface area contributed by atoms with Crippen molar-refractivity contribution in [3.8, 4) is 0 Å². The molecule has 10 atom stereocenters. The average molecular weight is 761 g/mol. The van der Waals surface area contributed by atoms with Gasteiger partial charge in [0.15, 0.2) is 0 Å². The lowest BCUT2D eigenvalue weighted by molar-refractivity contribution is -0.326. The summed E-state index contributed by atoms with van der Waals surface area (Å²) in [5.74, 6) is -0.618. The summed E-state index contributed by atoms with van der Waals surface area (Å²) in [5, 5.41) is 39.5. The Kier molecular flexibility index (Phi) is 12.6. The lowest BCUT2D eigenvalue weighted by Crippen LogP contribution is -2.77. The van der Waals surface area contributed by atoms with Crippen LogP contribution in [0.15, 0.2) is 42.0 Å². The third-order valence-electron chi connectivity index (χ3n) is 16.8. The molecule has 5 saturated carbocycles. The molecule has 7 nitrogen and oxygen atoms in total. The Bertz CT molecular complexity index is 1490. The van der Waals surface area contributed by atoms with Gasteiger partial charge < -0.3 is 24.8 Å². The fourth-order valence-electron chi connectivity index (χ4n) is 13.7. The Morgan fingerprint density at radius 2 is 1.69 bits per heavy atom. The molecule has 5 aliphatic carbocycles. The van der Waals surface area contributed by atoms with Gasteiger partial charge in [0, 0.05) is 12.0 Å². The van der Waals surface area contributed by atoms with Crippen molar-refractivity contribution in [1.29, 1.82) is 0 Å². The van der Waals surface area contributed by atoms with Gasteiger partial charge in [-0.1, -0.05) is 89.6 Å². The van der Waals surface area contributed by atoms with E-state index in [0.717, 1.165) is 82.6 Å². The molecule has 0 amide bonds. The van der Waals surface area contributed by atoms with E-state index < -0.39 is 35.2 Å². The number of fused-ring (bicyclic) bond motifs is 1. The highest BCUT2D eigenvalue weighted by molar-refractivity contribution is 5.85. The molecule has 7 heteroatoms. The highest BCUT2D eigenvalue weighted by Gasteiger charge is 2.75. The maximum atomic E-state index is 14.2. The Morgan fingerprint density at radius 1 is 0.945 bits per heavy atom. The van der Waals surface area contributed by atoms with Crippen LogP contribution in [-0.2, 0) is 25.5 Å². The Labute approximate surface area is 331 Å². The normalized spacial score (nSPS) is 37.3. The molecule has 0 bridgehead atoms. The molecule has 5 fully saturated rings. The zero-order valence-corrected chi connectivity index (χ0v) is 34.3. The second kappa shape index (κ2) is 16.9. The van der Waals surface area contributed by atoms with Crippen molar-refractivity contribution in [3.05, 3.63) is 47.5 Å². The van der Waals surface area contributed by atoms with Crippen molar-refractivity contribution < 1.29 is 34.4 Å². The van der Waals surface area contributed by atoms with E-state index in [-0.39, 0.29) is 35.8 Å². The minimum absolute atomic E-state index is 0.110. The molecule has 306 valence electrons. The number of ether oxygens (including phenoxy) is 2. The lowest BCUT2D eigenvalue weighted by Gasteiger charge is -2.70. The molecular formula is C48H72O7. The van der Waals surface area contributed by atoms with Crippen LogP contribution in [0.25, 0.3) is 0 Å². The van der Waals surface area contributed by atoms with Crippen LogP contribution in [0.1, 0.15) is 161 Å². The first-order valence-electron chi connectivity index (χ1n) is 22.6. The van der Waals surface area contributed by atoms with Crippen LogP contribution in [0.4, 0.5) is 0 Å². The molecule has 1 aliphatic heterocycles. The van der Waals surface area contributed by atoms with Gasteiger partial charge in [-0.25, -0.2) is 4.79 Å². The summed E-state index contributed by atoms with van der Waals surface area (Å²) in [6.07, 6.45) is 19.6. The van der Waals surface area contributed by atoms with Crippen LogP contribution in [0.5, 0.6) is 0 Å². The maximum absolute atomic E-state index is 14.2. The van der Waals surface area contributed by atoms with Crippen LogP contribution < -0.4 is 0 Å². The molecular weight excluding hydrogens is 689 g/mol. The monoisotopic (exact) mass is 761 g/mol. The number of rotatable bonds is 14. The van der Waals surface area contributed by atoms with Gasteiger partial charge in [-0.15, -0.1) is 0 Å². The van der Waals surface area contributed by atoms with Crippen molar-refractivity contribution in [2.75, 3.05) is 6.61 Å². The van der Waals surface area contributed by atoms with Crippen molar-refractivity contribution in [1.82, 2.24) is 0 Å². The van der Waals surface area contributed by atoms with Crippen LogP contribution in [0.3, 0.4) is 0 Å². The van der Waals surface area contributed by atoms with E-state index in [9.17, 15) is 24.9 Å². The van der Waals surface area contributed by atoms with E-state index in [0.29, 0.717) is 49.4 Å². The summed E-state index contributed by atoms with van der Waals surface area (Å²) in [5.41, 5.74) is -0.560. The number of hydrogen-bond acceptors (Lipinski definition) is 7. The molecule has 6 aliphatic rings. The predicted octanol–water partition coefficient (Wildman–Crippen LogP) is 9.44. The third-order valence-corrected chi connectivity index (χ3v) is 16.8. The average Bonchev–Trinajstić information content (AvgIpc) is 3.95. The van der Waals surface area contributed by atoms with Crippen LogP contribution in [-0.4, -0.2) is 57.8 Å². The number of aryl methyl sites for hydroxylation is 1. The van der Waals surface area contributed by atoms with E-state index in [2.05, 4.69) is 44.2 Å². The summed E-state index contributed by atoms with van der Waals surface area (Å²) < 4.78 is 12.1. The highest BCUT2D eigenvalue weighted by atomic mass is 16.5. The van der Waals surface area contributed by atoms with Gasteiger partial charge in [-0.3, -0.25) is 4.79 Å². The first-order valence-corrected chi connectivity index (χ1v) is 22.6. The zero-order chi connectivity index (χ0) is 38.8. The fraction of sp³-hybridized carbons (Fsp3) is 0.792. The maximum Gasteiger partial charge on any atom is 0.331 e. The molecule has 0 aromatic heterocycles. The summed E-state index contributed by atoms with van der Waals surface area (Å²) >= 11 is 0. The second-order valence-corrected chi connectivity index (χ2v) is 20.0. The summed E-state index contributed by atoms with van der Waals surface area (Å²) in [6, 6.07) is 10.6. The fourth-order valence-corrected chi connectivity index (χ4v) is 13.7. The van der Waals surface area contributed by atoms with Gasteiger partial charge in [0.05, 0.1) is 29.1 Å². The Hall–Kier alpha value is -2.22. The van der Waals surface area contributed by atoms with Gasteiger partial charge in [-0.2, -0.15) is 0 Å². The third kappa shape index (κ3) is 7.98.